The molecule has 0 saturated carbocycles. The van der Waals surface area contributed by atoms with Crippen LogP contribution in [0.25, 0.3) is 11.1 Å². The van der Waals surface area contributed by atoms with Gasteiger partial charge in [-0.25, -0.2) is 4.39 Å². The highest BCUT2D eigenvalue weighted by Crippen LogP contribution is 2.52. The van der Waals surface area contributed by atoms with E-state index in [4.69, 9.17) is 0 Å². The van der Waals surface area contributed by atoms with Crippen molar-refractivity contribution in [2.24, 2.45) is 11.3 Å². The normalized spacial score (nSPS) is 27.9. The number of nitrogens with zero attached hydrogens (tertiary/aromatic N) is 2. The number of carbonyl (C=O) groups excluding carboxylic acids is 1. The summed E-state index contributed by atoms with van der Waals surface area (Å²) in [5, 5.41) is 12.5. The second-order valence-corrected chi connectivity index (χ2v) is 10.5. The quantitative estimate of drug-likeness (QED) is 0.714. The van der Waals surface area contributed by atoms with Crippen LogP contribution in [0, 0.1) is 17.2 Å². The first-order valence-electron chi connectivity index (χ1n) is 11.9. The van der Waals surface area contributed by atoms with E-state index in [0.29, 0.717) is 11.5 Å². The van der Waals surface area contributed by atoms with Crippen LogP contribution in [0.15, 0.2) is 36.4 Å². The smallest absolute Gasteiger partial charge is 0.137 e. The van der Waals surface area contributed by atoms with Crippen LogP contribution in [0.1, 0.15) is 56.3 Å². The van der Waals surface area contributed by atoms with Crippen molar-refractivity contribution in [3.63, 3.8) is 0 Å². The number of halogens is 1. The molecule has 0 aromatic heterocycles. The van der Waals surface area contributed by atoms with Crippen molar-refractivity contribution in [1.29, 1.82) is 0 Å². The van der Waals surface area contributed by atoms with Gasteiger partial charge in [0.15, 0.2) is 0 Å². The molecule has 1 amide bonds. The molecule has 32 heavy (non-hydrogen) atoms. The van der Waals surface area contributed by atoms with E-state index in [1.165, 1.54) is 5.56 Å². The summed E-state index contributed by atoms with van der Waals surface area (Å²) in [7, 11) is 0. The van der Waals surface area contributed by atoms with Gasteiger partial charge in [-0.1, -0.05) is 45.0 Å². The number of rotatable bonds is 4. The molecular weight excluding hydrogens is 403 g/mol. The van der Waals surface area contributed by atoms with Crippen molar-refractivity contribution in [2.45, 2.75) is 58.5 Å². The van der Waals surface area contributed by atoms with Crippen molar-refractivity contribution in [3.05, 3.63) is 58.9 Å². The highest BCUT2D eigenvalue weighted by atomic mass is 19.1. The number of benzene rings is 2. The Morgan fingerprint density at radius 2 is 1.88 bits per heavy atom. The summed E-state index contributed by atoms with van der Waals surface area (Å²) in [5.74, 6) is 0.0712. The molecule has 3 fully saturated rings. The van der Waals surface area contributed by atoms with E-state index in [0.717, 1.165) is 62.0 Å². The van der Waals surface area contributed by atoms with Gasteiger partial charge in [0, 0.05) is 18.2 Å². The Balaban J connectivity index is 1.55. The summed E-state index contributed by atoms with van der Waals surface area (Å²) in [5.41, 5.74) is 4.19. The van der Waals surface area contributed by atoms with E-state index in [1.54, 1.807) is 11.0 Å². The van der Waals surface area contributed by atoms with E-state index in [-0.39, 0.29) is 23.3 Å². The first-order chi connectivity index (χ1) is 15.3. The average Bonchev–Trinajstić information content (AvgIpc) is 3.03. The fraction of sp³-hybridized carbons (Fsp3) is 0.519. The zero-order valence-electron chi connectivity index (χ0n) is 19.2. The predicted octanol–water partition coefficient (Wildman–Crippen LogP) is 4.42. The molecule has 2 bridgehead atoms. The van der Waals surface area contributed by atoms with Crippen LogP contribution in [0.3, 0.4) is 0 Å². The Morgan fingerprint density at radius 3 is 2.44 bits per heavy atom. The lowest BCUT2D eigenvalue weighted by Gasteiger charge is -2.53. The monoisotopic (exact) mass is 435 g/mol. The minimum atomic E-state index is -1.13. The molecule has 4 aliphatic rings. The molecule has 0 radical (unpaired) electrons. The Labute approximate surface area is 190 Å². The molecule has 2 aromatic rings. The van der Waals surface area contributed by atoms with Crippen LogP contribution in [-0.4, -0.2) is 41.6 Å². The SMILES string of the molecule is CCc1ccc(-c2cc3c(cc2F)[C@H](N(C(=O)[O-])[C@@H]2CN4CCC2CC4)C(C)(C)C3)cc1. The Hall–Kier alpha value is -2.40. The molecule has 0 spiro atoms. The van der Waals surface area contributed by atoms with Gasteiger partial charge in [0.2, 0.25) is 0 Å². The summed E-state index contributed by atoms with van der Waals surface area (Å²) < 4.78 is 15.4. The van der Waals surface area contributed by atoms with Crippen molar-refractivity contribution in [1.82, 2.24) is 9.80 Å². The molecular formula is C27H32FN2O2-. The van der Waals surface area contributed by atoms with Gasteiger partial charge in [0.1, 0.15) is 11.9 Å². The van der Waals surface area contributed by atoms with Crippen LogP contribution in [0.5, 0.6) is 0 Å². The molecule has 170 valence electrons. The van der Waals surface area contributed by atoms with E-state index in [9.17, 15) is 9.90 Å². The summed E-state index contributed by atoms with van der Waals surface area (Å²) in [4.78, 5) is 16.4. The Kier molecular flexibility index (Phi) is 5.28. The number of hydrogen-bond acceptors (Lipinski definition) is 3. The molecule has 4 nitrogen and oxygen atoms in total. The van der Waals surface area contributed by atoms with Crippen LogP contribution in [-0.2, 0) is 12.8 Å². The van der Waals surface area contributed by atoms with Crippen LogP contribution < -0.4 is 5.11 Å². The lowest BCUT2D eigenvalue weighted by atomic mass is 9.79. The van der Waals surface area contributed by atoms with Gasteiger partial charge in [0.25, 0.3) is 0 Å². The van der Waals surface area contributed by atoms with Gasteiger partial charge in [-0.3, -0.25) is 0 Å². The van der Waals surface area contributed by atoms with Crippen molar-refractivity contribution < 1.29 is 14.3 Å². The van der Waals surface area contributed by atoms with Gasteiger partial charge in [-0.05, 0) is 84.5 Å². The molecule has 2 atom stereocenters. The summed E-state index contributed by atoms with van der Waals surface area (Å²) in [6.07, 6.45) is 2.58. The third-order valence-corrected chi connectivity index (χ3v) is 8.05. The molecule has 0 unspecified atom stereocenters. The molecule has 1 aliphatic carbocycles. The standard InChI is InChI=1S/C27H33FN2O2/c1-4-17-5-7-18(8-6-17)21-13-20-15-27(2,3)25(22(20)14-23(21)28)30(26(31)32)24-16-29-11-9-19(24)10-12-29/h5-8,13-14,19,24-25H,4,9-12,15-16H2,1-3H3,(H,31,32)/p-1/t24-,25+/m1/s1. The van der Waals surface area contributed by atoms with Crippen molar-refractivity contribution in [3.8, 4) is 11.1 Å². The lowest BCUT2D eigenvalue weighted by Crippen LogP contribution is -2.62. The third-order valence-electron chi connectivity index (χ3n) is 8.05. The predicted molar refractivity (Wildman–Crippen MR) is 122 cm³/mol. The second-order valence-electron chi connectivity index (χ2n) is 10.5. The molecule has 5 heteroatoms. The van der Waals surface area contributed by atoms with E-state index in [2.05, 4.69) is 25.7 Å². The van der Waals surface area contributed by atoms with Gasteiger partial charge in [-0.15, -0.1) is 0 Å². The summed E-state index contributed by atoms with van der Waals surface area (Å²) in [6, 6.07) is 11.1. The fourth-order valence-corrected chi connectivity index (χ4v) is 6.40. The average molecular weight is 436 g/mol. The first kappa shape index (κ1) is 21.4. The van der Waals surface area contributed by atoms with Crippen molar-refractivity contribution in [2.75, 3.05) is 19.6 Å². The minimum Gasteiger partial charge on any atom is -0.530 e. The number of aryl methyl sites for hydroxylation is 1. The zero-order chi connectivity index (χ0) is 22.6. The van der Waals surface area contributed by atoms with E-state index in [1.807, 2.05) is 30.3 Å². The first-order valence-corrected chi connectivity index (χ1v) is 11.9. The number of piperidine rings is 3. The summed E-state index contributed by atoms with van der Waals surface area (Å²) in [6.45, 7) is 9.14. The third kappa shape index (κ3) is 3.51. The minimum absolute atomic E-state index is 0.0814. The zero-order valence-corrected chi connectivity index (χ0v) is 19.2. The number of carboxylic acid groups (broad SMARTS) is 1. The second kappa shape index (κ2) is 7.87. The van der Waals surface area contributed by atoms with Crippen LogP contribution >= 0.6 is 0 Å². The summed E-state index contributed by atoms with van der Waals surface area (Å²) >= 11 is 0. The number of amides is 1. The molecule has 6 rings (SSSR count). The molecule has 3 aliphatic heterocycles. The topological polar surface area (TPSA) is 46.6 Å². The largest absolute Gasteiger partial charge is 0.530 e. The van der Waals surface area contributed by atoms with Crippen LogP contribution in [0.2, 0.25) is 0 Å². The molecule has 0 N–H and O–H groups in total. The van der Waals surface area contributed by atoms with E-state index < -0.39 is 6.09 Å². The van der Waals surface area contributed by atoms with Crippen LogP contribution in [0.4, 0.5) is 9.18 Å². The van der Waals surface area contributed by atoms with E-state index >= 15 is 4.39 Å². The van der Waals surface area contributed by atoms with Gasteiger partial charge < -0.3 is 19.7 Å². The molecule has 2 aromatic carbocycles. The maximum Gasteiger partial charge on any atom is 0.137 e. The number of carbonyl (C=O) groups is 1. The van der Waals surface area contributed by atoms with Gasteiger partial charge in [-0.2, -0.15) is 0 Å². The lowest BCUT2D eigenvalue weighted by molar-refractivity contribution is -0.276. The van der Waals surface area contributed by atoms with Crippen molar-refractivity contribution >= 4 is 6.09 Å². The molecule has 3 heterocycles. The maximum absolute atomic E-state index is 15.4. The maximum atomic E-state index is 15.4. The number of hydrogen-bond donors (Lipinski definition) is 0. The number of fused-ring (bicyclic) bond motifs is 4. The molecule has 3 saturated heterocycles. The highest BCUT2D eigenvalue weighted by Gasteiger charge is 2.48. The fourth-order valence-electron chi connectivity index (χ4n) is 6.40. The Morgan fingerprint density at radius 1 is 1.19 bits per heavy atom. The van der Waals surface area contributed by atoms with Gasteiger partial charge >= 0.3 is 0 Å². The highest BCUT2D eigenvalue weighted by molar-refractivity contribution is 5.69. The Bertz CT molecular complexity index is 1020. The van der Waals surface area contributed by atoms with Gasteiger partial charge in [0.05, 0.1) is 6.04 Å².